The van der Waals surface area contributed by atoms with Crippen LogP contribution in [0.25, 0.3) is 10.9 Å². The molecule has 2 aromatic carbocycles. The van der Waals surface area contributed by atoms with Crippen LogP contribution < -0.4 is 15.6 Å². The number of amides is 1. The molecule has 0 unspecified atom stereocenters. The van der Waals surface area contributed by atoms with Gasteiger partial charge in [0, 0.05) is 22.2 Å². The number of para-hydroxylation sites is 1. The van der Waals surface area contributed by atoms with Crippen LogP contribution in [0.3, 0.4) is 0 Å². The monoisotopic (exact) mass is 356 g/mol. The molecular formula is C19H17ClN2O3. The Bertz CT molecular complexity index is 994. The van der Waals surface area contributed by atoms with E-state index in [0.717, 1.165) is 10.9 Å². The molecule has 0 aliphatic carbocycles. The highest BCUT2D eigenvalue weighted by Crippen LogP contribution is 2.26. The van der Waals surface area contributed by atoms with E-state index in [1.807, 2.05) is 19.1 Å². The third-order valence-electron chi connectivity index (χ3n) is 3.95. The maximum absolute atomic E-state index is 12.5. The molecule has 0 fully saturated rings. The summed E-state index contributed by atoms with van der Waals surface area (Å²) in [5.41, 5.74) is 1.82. The van der Waals surface area contributed by atoms with E-state index in [9.17, 15) is 9.59 Å². The van der Waals surface area contributed by atoms with Crippen LogP contribution in [-0.2, 0) is 11.3 Å². The molecule has 128 valence electrons. The van der Waals surface area contributed by atoms with E-state index in [1.165, 1.54) is 10.6 Å². The SMILES string of the molecule is COc1cccc2c(C)cc(=O)n(CC(=O)Nc3ccc(Cl)cc3)c12. The number of nitrogens with zero attached hydrogens (tertiary/aromatic N) is 1. The minimum Gasteiger partial charge on any atom is -0.495 e. The van der Waals surface area contributed by atoms with Crippen molar-refractivity contribution < 1.29 is 9.53 Å². The number of pyridine rings is 1. The second-order valence-electron chi connectivity index (χ2n) is 5.66. The fraction of sp³-hybridized carbons (Fsp3) is 0.158. The summed E-state index contributed by atoms with van der Waals surface area (Å²) in [4.78, 5) is 24.9. The largest absolute Gasteiger partial charge is 0.495 e. The van der Waals surface area contributed by atoms with Crippen molar-refractivity contribution in [3.8, 4) is 5.75 Å². The molecule has 3 rings (SSSR count). The Morgan fingerprint density at radius 3 is 2.60 bits per heavy atom. The summed E-state index contributed by atoms with van der Waals surface area (Å²) in [5, 5.41) is 4.22. The number of rotatable bonds is 4. The van der Waals surface area contributed by atoms with E-state index >= 15 is 0 Å². The molecule has 1 heterocycles. The molecule has 6 heteroatoms. The van der Waals surface area contributed by atoms with Crippen molar-refractivity contribution >= 4 is 34.1 Å². The number of carbonyl (C=O) groups excluding carboxylic acids is 1. The molecule has 0 atom stereocenters. The number of hydrogen-bond acceptors (Lipinski definition) is 3. The van der Waals surface area contributed by atoms with Gasteiger partial charge in [0.1, 0.15) is 12.3 Å². The Morgan fingerprint density at radius 2 is 1.92 bits per heavy atom. The van der Waals surface area contributed by atoms with Gasteiger partial charge in [0.25, 0.3) is 5.56 Å². The van der Waals surface area contributed by atoms with Gasteiger partial charge < -0.3 is 10.1 Å². The molecule has 0 bridgehead atoms. The molecule has 0 saturated carbocycles. The summed E-state index contributed by atoms with van der Waals surface area (Å²) >= 11 is 5.84. The molecule has 0 aliphatic rings. The lowest BCUT2D eigenvalue weighted by Crippen LogP contribution is -2.28. The first-order valence-corrected chi connectivity index (χ1v) is 8.10. The molecule has 1 amide bonds. The normalized spacial score (nSPS) is 10.7. The number of hydrogen-bond donors (Lipinski definition) is 1. The summed E-state index contributed by atoms with van der Waals surface area (Å²) in [6.45, 7) is 1.75. The third-order valence-corrected chi connectivity index (χ3v) is 4.20. The zero-order chi connectivity index (χ0) is 18.0. The molecule has 1 aromatic heterocycles. The lowest BCUT2D eigenvalue weighted by atomic mass is 10.1. The number of aryl methyl sites for hydroxylation is 1. The van der Waals surface area contributed by atoms with Crippen LogP contribution in [-0.4, -0.2) is 17.6 Å². The number of fused-ring (bicyclic) bond motifs is 1. The van der Waals surface area contributed by atoms with Gasteiger partial charge in [0.05, 0.1) is 12.6 Å². The maximum Gasteiger partial charge on any atom is 0.251 e. The van der Waals surface area contributed by atoms with Crippen molar-refractivity contribution in [1.29, 1.82) is 0 Å². The zero-order valence-corrected chi connectivity index (χ0v) is 14.6. The van der Waals surface area contributed by atoms with Crippen molar-refractivity contribution in [2.75, 3.05) is 12.4 Å². The van der Waals surface area contributed by atoms with Gasteiger partial charge in [-0.05, 0) is 42.8 Å². The Balaban J connectivity index is 1.99. The Morgan fingerprint density at radius 1 is 1.20 bits per heavy atom. The van der Waals surface area contributed by atoms with E-state index in [0.29, 0.717) is 22.0 Å². The fourth-order valence-corrected chi connectivity index (χ4v) is 2.90. The predicted octanol–water partition coefficient (Wildman–Crippen LogP) is 3.61. The number of nitrogens with one attached hydrogen (secondary N) is 1. The first kappa shape index (κ1) is 17.0. The zero-order valence-electron chi connectivity index (χ0n) is 13.9. The summed E-state index contributed by atoms with van der Waals surface area (Å²) in [5.74, 6) is 0.248. The fourth-order valence-electron chi connectivity index (χ4n) is 2.77. The average molecular weight is 357 g/mol. The van der Waals surface area contributed by atoms with Crippen molar-refractivity contribution in [3.05, 3.63) is 69.5 Å². The molecule has 0 saturated heterocycles. The molecule has 25 heavy (non-hydrogen) atoms. The van der Waals surface area contributed by atoms with Gasteiger partial charge in [-0.3, -0.25) is 14.2 Å². The van der Waals surface area contributed by atoms with Crippen LogP contribution in [0.2, 0.25) is 5.02 Å². The number of ether oxygens (including phenoxy) is 1. The number of halogens is 1. The van der Waals surface area contributed by atoms with Crippen LogP contribution in [0.4, 0.5) is 5.69 Å². The lowest BCUT2D eigenvalue weighted by molar-refractivity contribution is -0.116. The van der Waals surface area contributed by atoms with Gasteiger partial charge in [0.15, 0.2) is 0 Å². The molecule has 1 N–H and O–H groups in total. The molecule has 0 aliphatic heterocycles. The van der Waals surface area contributed by atoms with Crippen LogP contribution in [0.5, 0.6) is 5.75 Å². The number of aromatic nitrogens is 1. The van der Waals surface area contributed by atoms with Crippen LogP contribution in [0.1, 0.15) is 5.56 Å². The van der Waals surface area contributed by atoms with Crippen molar-refractivity contribution in [1.82, 2.24) is 4.57 Å². The topological polar surface area (TPSA) is 60.3 Å². The molecule has 5 nitrogen and oxygen atoms in total. The van der Waals surface area contributed by atoms with Crippen molar-refractivity contribution in [3.63, 3.8) is 0 Å². The van der Waals surface area contributed by atoms with Gasteiger partial charge in [-0.25, -0.2) is 0 Å². The van der Waals surface area contributed by atoms with E-state index in [-0.39, 0.29) is 18.0 Å². The van der Waals surface area contributed by atoms with Gasteiger partial charge in [-0.1, -0.05) is 23.7 Å². The Kier molecular flexibility index (Phi) is 4.76. The second kappa shape index (κ2) is 6.99. The number of methoxy groups -OCH3 is 1. The standard InChI is InChI=1S/C19H17ClN2O3/c1-12-10-18(24)22(19-15(12)4-3-5-16(19)25-2)11-17(23)21-14-8-6-13(20)7-9-14/h3-10H,11H2,1-2H3,(H,21,23). The lowest BCUT2D eigenvalue weighted by Gasteiger charge is -2.15. The highest BCUT2D eigenvalue weighted by molar-refractivity contribution is 6.30. The van der Waals surface area contributed by atoms with E-state index in [4.69, 9.17) is 16.3 Å². The Labute approximate surface area is 149 Å². The van der Waals surface area contributed by atoms with E-state index in [2.05, 4.69) is 5.32 Å². The second-order valence-corrected chi connectivity index (χ2v) is 6.10. The van der Waals surface area contributed by atoms with Gasteiger partial charge in [-0.2, -0.15) is 0 Å². The van der Waals surface area contributed by atoms with Crippen LogP contribution in [0.15, 0.2) is 53.3 Å². The highest BCUT2D eigenvalue weighted by atomic mass is 35.5. The summed E-state index contributed by atoms with van der Waals surface area (Å²) in [6.07, 6.45) is 0. The first-order valence-electron chi connectivity index (χ1n) is 7.72. The highest BCUT2D eigenvalue weighted by Gasteiger charge is 2.14. The van der Waals surface area contributed by atoms with Gasteiger partial charge in [0.2, 0.25) is 5.91 Å². The van der Waals surface area contributed by atoms with Crippen molar-refractivity contribution in [2.24, 2.45) is 0 Å². The van der Waals surface area contributed by atoms with Crippen LogP contribution in [0, 0.1) is 6.92 Å². The Hall–Kier alpha value is -2.79. The summed E-state index contributed by atoms with van der Waals surface area (Å²) in [6, 6.07) is 13.8. The first-order chi connectivity index (χ1) is 12.0. The van der Waals surface area contributed by atoms with Gasteiger partial charge >= 0.3 is 0 Å². The van der Waals surface area contributed by atoms with Gasteiger partial charge in [-0.15, -0.1) is 0 Å². The minimum absolute atomic E-state index is 0.112. The summed E-state index contributed by atoms with van der Waals surface area (Å²) in [7, 11) is 1.54. The third kappa shape index (κ3) is 3.51. The summed E-state index contributed by atoms with van der Waals surface area (Å²) < 4.78 is 6.81. The predicted molar refractivity (Wildman–Crippen MR) is 99.6 cm³/mol. The van der Waals surface area contributed by atoms with Crippen LogP contribution >= 0.6 is 11.6 Å². The number of benzene rings is 2. The molecule has 0 radical (unpaired) electrons. The maximum atomic E-state index is 12.5. The number of anilines is 1. The molecular weight excluding hydrogens is 340 g/mol. The average Bonchev–Trinajstić information content (AvgIpc) is 2.60. The number of carbonyl (C=O) groups is 1. The molecule has 3 aromatic rings. The molecule has 0 spiro atoms. The quantitative estimate of drug-likeness (QED) is 0.776. The van der Waals surface area contributed by atoms with E-state index < -0.39 is 0 Å². The smallest absolute Gasteiger partial charge is 0.251 e. The van der Waals surface area contributed by atoms with E-state index in [1.54, 1.807) is 37.4 Å². The van der Waals surface area contributed by atoms with Crippen molar-refractivity contribution in [2.45, 2.75) is 13.5 Å². The minimum atomic E-state index is -0.305.